The van der Waals surface area contributed by atoms with Crippen LogP contribution >= 0.6 is 41.5 Å². The van der Waals surface area contributed by atoms with Crippen LogP contribution in [0.15, 0.2) is 9.66 Å². The van der Waals surface area contributed by atoms with Crippen molar-refractivity contribution in [1.82, 2.24) is 0 Å². The highest BCUT2D eigenvalue weighted by Gasteiger charge is 2.07. The SMILES string of the molecule is C/C(=C\I)C(CCOP)OP. The summed E-state index contributed by atoms with van der Waals surface area (Å²) >= 11 is 2.21. The molecule has 0 spiro atoms. The highest BCUT2D eigenvalue weighted by atomic mass is 127. The monoisotopic (exact) mass is 306 g/mol. The Bertz CT molecular complexity index is 130. The van der Waals surface area contributed by atoms with Crippen LogP contribution in [0.25, 0.3) is 0 Å². The van der Waals surface area contributed by atoms with E-state index in [2.05, 4.69) is 41.5 Å². The van der Waals surface area contributed by atoms with Gasteiger partial charge in [0.1, 0.15) is 0 Å². The Morgan fingerprint density at radius 1 is 1.64 bits per heavy atom. The standard InChI is InChI=1S/C6H13IO2P2/c1-5(4-7)6(9-11)2-3-8-10/h4,6H,2-3,10-11H2,1H3/b5-4+. The van der Waals surface area contributed by atoms with Gasteiger partial charge in [0.15, 0.2) is 0 Å². The molecule has 2 nitrogen and oxygen atoms in total. The summed E-state index contributed by atoms with van der Waals surface area (Å²) in [5, 5.41) is 0. The maximum Gasteiger partial charge on any atom is 0.0847 e. The molecule has 5 heteroatoms. The number of hydrogen-bond acceptors (Lipinski definition) is 2. The Morgan fingerprint density at radius 3 is 2.64 bits per heavy atom. The van der Waals surface area contributed by atoms with E-state index in [1.54, 1.807) is 0 Å². The van der Waals surface area contributed by atoms with Crippen LogP contribution < -0.4 is 0 Å². The fourth-order valence-electron chi connectivity index (χ4n) is 0.648. The Labute approximate surface area is 86.2 Å². The van der Waals surface area contributed by atoms with E-state index in [0.29, 0.717) is 6.61 Å². The molecular weight excluding hydrogens is 293 g/mol. The van der Waals surface area contributed by atoms with Crippen LogP contribution in [0.2, 0.25) is 0 Å². The second kappa shape index (κ2) is 7.88. The van der Waals surface area contributed by atoms with Crippen molar-refractivity contribution in [2.45, 2.75) is 19.4 Å². The second-order valence-corrected chi connectivity index (χ2v) is 3.37. The highest BCUT2D eigenvalue weighted by molar-refractivity contribution is 14.1. The lowest BCUT2D eigenvalue weighted by atomic mass is 10.1. The Hall–Kier alpha value is 1.25. The summed E-state index contributed by atoms with van der Waals surface area (Å²) in [6.07, 6.45) is 1.05. The van der Waals surface area contributed by atoms with E-state index in [1.807, 2.05) is 11.0 Å². The number of rotatable bonds is 5. The lowest BCUT2D eigenvalue weighted by Gasteiger charge is -2.14. The van der Waals surface area contributed by atoms with Crippen molar-refractivity contribution in [2.75, 3.05) is 6.61 Å². The topological polar surface area (TPSA) is 18.5 Å². The van der Waals surface area contributed by atoms with Crippen LogP contribution in [0.1, 0.15) is 13.3 Å². The van der Waals surface area contributed by atoms with Crippen molar-refractivity contribution in [3.63, 3.8) is 0 Å². The highest BCUT2D eigenvalue weighted by Crippen LogP contribution is 2.15. The van der Waals surface area contributed by atoms with Crippen molar-refractivity contribution in [3.8, 4) is 0 Å². The van der Waals surface area contributed by atoms with Crippen LogP contribution in [0.3, 0.4) is 0 Å². The van der Waals surface area contributed by atoms with Crippen LogP contribution in [0.4, 0.5) is 0 Å². The third-order valence-electron chi connectivity index (χ3n) is 1.34. The van der Waals surface area contributed by atoms with Crippen molar-refractivity contribution in [3.05, 3.63) is 9.66 Å². The van der Waals surface area contributed by atoms with Gasteiger partial charge in [-0.1, -0.05) is 22.6 Å². The van der Waals surface area contributed by atoms with Crippen LogP contribution in [-0.2, 0) is 9.05 Å². The van der Waals surface area contributed by atoms with Crippen molar-refractivity contribution >= 4 is 41.5 Å². The van der Waals surface area contributed by atoms with E-state index in [-0.39, 0.29) is 6.10 Å². The minimum absolute atomic E-state index is 0.164. The third-order valence-corrected chi connectivity index (χ3v) is 2.89. The quantitative estimate of drug-likeness (QED) is 0.574. The average molecular weight is 306 g/mol. The van der Waals surface area contributed by atoms with Crippen molar-refractivity contribution < 1.29 is 9.05 Å². The molecule has 0 aromatic carbocycles. The first-order valence-electron chi connectivity index (χ1n) is 3.20. The Morgan fingerprint density at radius 2 is 2.27 bits per heavy atom. The van der Waals surface area contributed by atoms with Crippen molar-refractivity contribution in [1.29, 1.82) is 0 Å². The first kappa shape index (κ1) is 12.2. The molecule has 0 rings (SSSR count). The predicted molar refractivity (Wildman–Crippen MR) is 62.6 cm³/mol. The lowest BCUT2D eigenvalue weighted by Crippen LogP contribution is -2.11. The van der Waals surface area contributed by atoms with E-state index in [1.165, 1.54) is 5.57 Å². The maximum atomic E-state index is 5.16. The first-order chi connectivity index (χ1) is 5.26. The molecule has 0 N–H and O–H groups in total. The molecular formula is C6H13IO2P2. The molecule has 0 bridgehead atoms. The number of halogens is 1. The molecule has 0 aliphatic rings. The van der Waals surface area contributed by atoms with Gasteiger partial charge in [-0.25, -0.2) is 0 Å². The first-order valence-corrected chi connectivity index (χ1v) is 5.39. The molecule has 0 aromatic heterocycles. The van der Waals surface area contributed by atoms with Gasteiger partial charge < -0.3 is 9.05 Å². The maximum absolute atomic E-state index is 5.16. The van der Waals surface area contributed by atoms with Gasteiger partial charge in [0, 0.05) is 25.4 Å². The largest absolute Gasteiger partial charge is 0.366 e. The molecule has 3 unspecified atom stereocenters. The van der Waals surface area contributed by atoms with Gasteiger partial charge in [-0.15, -0.1) is 0 Å². The number of hydrogen-bond donors (Lipinski definition) is 0. The van der Waals surface area contributed by atoms with Crippen LogP contribution in [0, 0.1) is 0 Å². The van der Waals surface area contributed by atoms with Gasteiger partial charge in [-0.2, -0.15) is 0 Å². The van der Waals surface area contributed by atoms with Crippen LogP contribution in [-0.4, -0.2) is 12.7 Å². The van der Waals surface area contributed by atoms with E-state index in [0.717, 1.165) is 6.42 Å². The normalized spacial score (nSPS) is 15.1. The molecule has 0 heterocycles. The molecule has 0 aromatic rings. The van der Waals surface area contributed by atoms with Crippen molar-refractivity contribution in [2.24, 2.45) is 0 Å². The fourth-order valence-corrected chi connectivity index (χ4v) is 1.54. The molecule has 0 amide bonds. The van der Waals surface area contributed by atoms with E-state index < -0.39 is 0 Å². The molecule has 11 heavy (non-hydrogen) atoms. The molecule has 0 aliphatic carbocycles. The zero-order valence-electron chi connectivity index (χ0n) is 6.42. The molecule has 0 radical (unpaired) electrons. The summed E-state index contributed by atoms with van der Waals surface area (Å²) in [4.78, 5) is 0. The Kier molecular flexibility index (Phi) is 8.77. The zero-order chi connectivity index (χ0) is 8.69. The summed E-state index contributed by atoms with van der Waals surface area (Å²) < 4.78 is 12.0. The Balaban J connectivity index is 3.75. The van der Waals surface area contributed by atoms with Gasteiger partial charge in [0.05, 0.1) is 12.7 Å². The summed E-state index contributed by atoms with van der Waals surface area (Å²) in [5.74, 6) is 0. The summed E-state index contributed by atoms with van der Waals surface area (Å²) in [7, 11) is 4.51. The van der Waals surface area contributed by atoms with Gasteiger partial charge in [-0.3, -0.25) is 0 Å². The molecule has 0 saturated heterocycles. The van der Waals surface area contributed by atoms with Gasteiger partial charge in [0.25, 0.3) is 0 Å². The predicted octanol–water partition coefficient (Wildman–Crippen LogP) is 2.70. The molecule has 66 valence electrons. The van der Waals surface area contributed by atoms with E-state index in [9.17, 15) is 0 Å². The van der Waals surface area contributed by atoms with Gasteiger partial charge in [-0.05, 0) is 16.6 Å². The van der Waals surface area contributed by atoms with Gasteiger partial charge in [0.2, 0.25) is 0 Å². The van der Waals surface area contributed by atoms with E-state index >= 15 is 0 Å². The molecule has 0 saturated carbocycles. The lowest BCUT2D eigenvalue weighted by molar-refractivity contribution is 0.227. The van der Waals surface area contributed by atoms with E-state index in [4.69, 9.17) is 9.05 Å². The summed E-state index contributed by atoms with van der Waals surface area (Å²) in [5.41, 5.74) is 1.22. The second-order valence-electron chi connectivity index (χ2n) is 2.14. The molecule has 0 fully saturated rings. The minimum Gasteiger partial charge on any atom is -0.366 e. The third kappa shape index (κ3) is 5.48. The summed E-state index contributed by atoms with van der Waals surface area (Å²) in [6, 6.07) is 0. The molecule has 0 aliphatic heterocycles. The minimum atomic E-state index is 0.164. The average Bonchev–Trinajstić information content (AvgIpc) is 2.05. The fraction of sp³-hybridized carbons (Fsp3) is 0.667. The van der Waals surface area contributed by atoms with Gasteiger partial charge >= 0.3 is 0 Å². The zero-order valence-corrected chi connectivity index (χ0v) is 10.9. The molecule has 3 atom stereocenters. The summed E-state index contributed by atoms with van der Waals surface area (Å²) in [6.45, 7) is 2.75. The smallest absolute Gasteiger partial charge is 0.0847 e. The van der Waals surface area contributed by atoms with Crippen LogP contribution in [0.5, 0.6) is 0 Å².